The number of ketones is 1. The molecule has 170 valence electrons. The number of nitrogens with zero attached hydrogens (tertiary/aromatic N) is 2. The molecule has 0 radical (unpaired) electrons. The van der Waals surface area contributed by atoms with Crippen LogP contribution in [0.5, 0.6) is 0 Å². The van der Waals surface area contributed by atoms with Crippen molar-refractivity contribution in [3.63, 3.8) is 0 Å². The molecule has 2 heterocycles. The summed E-state index contributed by atoms with van der Waals surface area (Å²) >= 11 is 0. The Balaban J connectivity index is 1.34. The van der Waals surface area contributed by atoms with E-state index in [0.29, 0.717) is 24.2 Å². The summed E-state index contributed by atoms with van der Waals surface area (Å²) in [7, 11) is 4.15. The summed E-state index contributed by atoms with van der Waals surface area (Å²) in [6, 6.07) is 8.78. The van der Waals surface area contributed by atoms with Crippen LogP contribution in [0, 0.1) is 17.3 Å². The molecule has 1 aromatic carbocycles. The van der Waals surface area contributed by atoms with Gasteiger partial charge >= 0.3 is 0 Å². The molecule has 4 nitrogen and oxygen atoms in total. The minimum absolute atomic E-state index is 0.0271. The number of allylic oxidation sites excluding steroid dienone is 4. The quantitative estimate of drug-likeness (QED) is 0.639. The van der Waals surface area contributed by atoms with Gasteiger partial charge in [-0.25, -0.2) is 0 Å². The first kappa shape index (κ1) is 20.9. The van der Waals surface area contributed by atoms with E-state index in [1.54, 1.807) is 0 Å². The van der Waals surface area contributed by atoms with Crippen molar-refractivity contribution in [2.75, 3.05) is 20.6 Å². The summed E-state index contributed by atoms with van der Waals surface area (Å²) in [6.07, 6.45) is 14.5. The average Bonchev–Trinajstić information content (AvgIpc) is 3.15. The van der Waals surface area contributed by atoms with Gasteiger partial charge < -0.3 is 9.64 Å². The van der Waals surface area contributed by atoms with Gasteiger partial charge in [-0.15, -0.1) is 0 Å². The van der Waals surface area contributed by atoms with Crippen LogP contribution in [0.4, 0.5) is 0 Å². The molecule has 1 fully saturated rings. The van der Waals surface area contributed by atoms with E-state index >= 15 is 0 Å². The van der Waals surface area contributed by atoms with E-state index in [1.807, 2.05) is 12.4 Å². The van der Waals surface area contributed by atoms with Crippen molar-refractivity contribution in [2.45, 2.75) is 44.6 Å². The van der Waals surface area contributed by atoms with Crippen molar-refractivity contribution in [1.82, 2.24) is 9.88 Å². The first-order valence-corrected chi connectivity index (χ1v) is 12.3. The van der Waals surface area contributed by atoms with E-state index < -0.39 is 0 Å². The van der Waals surface area contributed by atoms with Crippen LogP contribution < -0.4 is 0 Å². The van der Waals surface area contributed by atoms with Crippen LogP contribution >= 0.6 is 0 Å². The lowest BCUT2D eigenvalue weighted by molar-refractivity contribution is -0.117. The van der Waals surface area contributed by atoms with Crippen LogP contribution in [0.15, 0.2) is 71.8 Å². The van der Waals surface area contributed by atoms with Crippen LogP contribution in [-0.4, -0.2) is 42.4 Å². The first-order chi connectivity index (χ1) is 15.9. The molecule has 0 amide bonds. The Kier molecular flexibility index (Phi) is 4.84. The number of fused-ring (bicyclic) bond motifs is 4. The fourth-order valence-corrected chi connectivity index (χ4v) is 6.98. The Morgan fingerprint density at radius 3 is 2.91 bits per heavy atom. The van der Waals surface area contributed by atoms with Crippen LogP contribution in [0.3, 0.4) is 0 Å². The van der Waals surface area contributed by atoms with Gasteiger partial charge in [-0.3, -0.25) is 9.78 Å². The number of rotatable bonds is 3. The molecule has 1 aliphatic heterocycles. The number of hydrogen-bond acceptors (Lipinski definition) is 4. The SMILES string of the molecule is CN(C)CC1CC(=O)C2=C(C1)O[C@@H]1C(=C2)C=C[C@]2(C)[C@@H](c3cccc4cnccc34)CC[C@@H]12. The Morgan fingerprint density at radius 1 is 1.18 bits per heavy atom. The summed E-state index contributed by atoms with van der Waals surface area (Å²) < 4.78 is 6.74. The van der Waals surface area contributed by atoms with Crippen molar-refractivity contribution in [2.24, 2.45) is 17.3 Å². The highest BCUT2D eigenvalue weighted by atomic mass is 16.5. The minimum atomic E-state index is 0.0271. The number of ether oxygens (including phenoxy) is 1. The van der Waals surface area contributed by atoms with E-state index in [-0.39, 0.29) is 17.3 Å². The molecule has 2 aromatic rings. The van der Waals surface area contributed by atoms with Gasteiger partial charge in [0.05, 0.1) is 5.57 Å². The second-order valence-electron chi connectivity index (χ2n) is 10.9. The summed E-state index contributed by atoms with van der Waals surface area (Å²) in [6.45, 7) is 3.34. The topological polar surface area (TPSA) is 42.4 Å². The van der Waals surface area contributed by atoms with Gasteiger partial charge in [0.25, 0.3) is 0 Å². The van der Waals surface area contributed by atoms with E-state index in [9.17, 15) is 4.79 Å². The predicted molar refractivity (Wildman–Crippen MR) is 131 cm³/mol. The number of carbonyl (C=O) groups excluding carboxylic acids is 1. The van der Waals surface area contributed by atoms with Crippen molar-refractivity contribution in [3.8, 4) is 0 Å². The molecular formula is C29H32N2O2. The van der Waals surface area contributed by atoms with Gasteiger partial charge in [-0.1, -0.05) is 37.3 Å². The van der Waals surface area contributed by atoms with Crippen molar-refractivity contribution < 1.29 is 9.53 Å². The monoisotopic (exact) mass is 440 g/mol. The number of benzene rings is 1. The maximum absolute atomic E-state index is 12.9. The Morgan fingerprint density at radius 2 is 2.06 bits per heavy atom. The molecule has 0 saturated heterocycles. The average molecular weight is 441 g/mol. The zero-order valence-corrected chi connectivity index (χ0v) is 19.8. The van der Waals surface area contributed by atoms with Gasteiger partial charge in [-0.05, 0) is 72.9 Å². The zero-order valence-electron chi connectivity index (χ0n) is 19.8. The lowest BCUT2D eigenvalue weighted by atomic mass is 9.64. The lowest BCUT2D eigenvalue weighted by Gasteiger charge is -2.45. The molecule has 0 N–H and O–H groups in total. The summed E-state index contributed by atoms with van der Waals surface area (Å²) in [4.78, 5) is 19.4. The number of Topliss-reactive ketones (excluding diaryl/α,β-unsaturated/α-hetero) is 1. The molecule has 1 aromatic heterocycles. The third-order valence-corrected chi connectivity index (χ3v) is 8.49. The van der Waals surface area contributed by atoms with Crippen molar-refractivity contribution >= 4 is 16.6 Å². The Labute approximate surface area is 196 Å². The molecule has 1 unspecified atom stereocenters. The van der Waals surface area contributed by atoms with Gasteiger partial charge in [0.15, 0.2) is 5.78 Å². The summed E-state index contributed by atoms with van der Waals surface area (Å²) in [5.41, 5.74) is 3.45. The third-order valence-electron chi connectivity index (χ3n) is 8.49. The third kappa shape index (κ3) is 3.30. The van der Waals surface area contributed by atoms with Gasteiger partial charge in [0, 0.05) is 43.1 Å². The smallest absolute Gasteiger partial charge is 0.166 e. The summed E-state index contributed by atoms with van der Waals surface area (Å²) in [5, 5.41) is 2.52. The van der Waals surface area contributed by atoms with Crippen LogP contribution in [0.2, 0.25) is 0 Å². The molecule has 4 heteroatoms. The van der Waals surface area contributed by atoms with E-state index in [4.69, 9.17) is 4.74 Å². The molecule has 3 aliphatic carbocycles. The highest BCUT2D eigenvalue weighted by Crippen LogP contribution is 2.60. The van der Waals surface area contributed by atoms with Crippen LogP contribution in [0.25, 0.3) is 10.8 Å². The van der Waals surface area contributed by atoms with Gasteiger partial charge in [0.2, 0.25) is 0 Å². The number of hydrogen-bond donors (Lipinski definition) is 0. The zero-order chi connectivity index (χ0) is 22.7. The van der Waals surface area contributed by atoms with Gasteiger partial charge in [0.1, 0.15) is 11.9 Å². The molecule has 5 atom stereocenters. The lowest BCUT2D eigenvalue weighted by Crippen LogP contribution is -2.41. The molecule has 0 spiro atoms. The highest BCUT2D eigenvalue weighted by molar-refractivity contribution is 6.00. The highest BCUT2D eigenvalue weighted by Gasteiger charge is 2.53. The second kappa shape index (κ2) is 7.66. The Hall–Kier alpha value is -2.72. The van der Waals surface area contributed by atoms with E-state index in [1.165, 1.54) is 21.9 Å². The predicted octanol–water partition coefficient (Wildman–Crippen LogP) is 5.42. The van der Waals surface area contributed by atoms with Crippen molar-refractivity contribution in [1.29, 1.82) is 0 Å². The van der Waals surface area contributed by atoms with Crippen molar-refractivity contribution in [3.05, 3.63) is 77.4 Å². The standard InChI is InChI=1S/C29H32N2O2/c1-29-11-9-19-15-23-26(32)13-18(17-31(2)3)14-27(23)33-28(19)25(29)8-7-24(29)22-6-4-5-20-16-30-12-10-21(20)22/h4-6,9-12,15-16,18,24-25,28H,7-8,13-14,17H2,1-3H3/t18?,24-,25+,28-,29-/m1/s1. The molecular weight excluding hydrogens is 408 g/mol. The molecule has 1 saturated carbocycles. The largest absolute Gasteiger partial charge is 0.489 e. The summed E-state index contributed by atoms with van der Waals surface area (Å²) in [5.74, 6) is 2.37. The fraction of sp³-hybridized carbons (Fsp3) is 0.448. The maximum Gasteiger partial charge on any atom is 0.166 e. The first-order valence-electron chi connectivity index (χ1n) is 12.3. The minimum Gasteiger partial charge on any atom is -0.489 e. The number of pyridine rings is 1. The molecule has 4 aliphatic rings. The second-order valence-corrected chi connectivity index (χ2v) is 10.9. The van der Waals surface area contributed by atoms with Crippen LogP contribution in [0.1, 0.15) is 44.1 Å². The normalized spacial score (nSPS) is 33.0. The maximum atomic E-state index is 12.9. The van der Waals surface area contributed by atoms with E-state index in [2.05, 4.69) is 73.4 Å². The van der Waals surface area contributed by atoms with E-state index in [0.717, 1.165) is 37.1 Å². The number of carbonyl (C=O) groups is 1. The van der Waals surface area contributed by atoms with Crippen LogP contribution in [-0.2, 0) is 9.53 Å². The van der Waals surface area contributed by atoms with Gasteiger partial charge in [-0.2, -0.15) is 0 Å². The molecule has 6 rings (SSSR count). The Bertz CT molecular complexity index is 1220. The molecule has 0 bridgehead atoms. The fourth-order valence-electron chi connectivity index (χ4n) is 6.98. The molecule has 33 heavy (non-hydrogen) atoms. The number of aromatic nitrogens is 1.